The van der Waals surface area contributed by atoms with Gasteiger partial charge < -0.3 is 5.73 Å². The van der Waals surface area contributed by atoms with Crippen molar-refractivity contribution in [1.29, 1.82) is 5.26 Å². The van der Waals surface area contributed by atoms with E-state index in [1.807, 2.05) is 0 Å². The van der Waals surface area contributed by atoms with Gasteiger partial charge >= 0.3 is 6.18 Å². The fourth-order valence-electron chi connectivity index (χ4n) is 2.29. The predicted molar refractivity (Wildman–Crippen MR) is 79.4 cm³/mol. The standard InChI is InChI=1S/C13H14F3N3O2S.ClH/c14-13(15,16)12-2-1-11(7-9(12)8-17)22(20,21)19-5-3-10(18)4-6-19;/h1-2,7,10H,3-6,18H2;1H. The number of nitrogens with two attached hydrogens (primary N) is 1. The highest BCUT2D eigenvalue weighted by molar-refractivity contribution is 7.89. The molecular weight excluding hydrogens is 355 g/mol. The fraction of sp³-hybridized carbons (Fsp3) is 0.462. The van der Waals surface area contributed by atoms with E-state index in [-0.39, 0.29) is 36.4 Å². The van der Waals surface area contributed by atoms with Crippen LogP contribution in [0.5, 0.6) is 0 Å². The van der Waals surface area contributed by atoms with Crippen LogP contribution in [0.3, 0.4) is 0 Å². The maximum Gasteiger partial charge on any atom is 0.417 e. The molecule has 23 heavy (non-hydrogen) atoms. The smallest absolute Gasteiger partial charge is 0.328 e. The van der Waals surface area contributed by atoms with Crippen molar-refractivity contribution in [3.8, 4) is 6.07 Å². The second kappa shape index (κ2) is 7.05. The zero-order chi connectivity index (χ0) is 16.5. The first-order valence-corrected chi connectivity index (χ1v) is 7.97. The minimum Gasteiger partial charge on any atom is -0.328 e. The van der Waals surface area contributed by atoms with Gasteiger partial charge in [-0.05, 0) is 31.0 Å². The molecule has 0 amide bonds. The lowest BCUT2D eigenvalue weighted by Crippen LogP contribution is -2.42. The van der Waals surface area contributed by atoms with Crippen molar-refractivity contribution in [3.05, 3.63) is 29.3 Å². The summed E-state index contributed by atoms with van der Waals surface area (Å²) in [5.41, 5.74) is 3.85. The molecule has 0 radical (unpaired) electrons. The Balaban J connectivity index is 0.00000264. The summed E-state index contributed by atoms with van der Waals surface area (Å²) in [4.78, 5) is -0.312. The number of nitrogens with zero attached hydrogens (tertiary/aromatic N) is 2. The van der Waals surface area contributed by atoms with Gasteiger partial charge in [-0.3, -0.25) is 0 Å². The van der Waals surface area contributed by atoms with Gasteiger partial charge in [0.15, 0.2) is 0 Å². The van der Waals surface area contributed by atoms with E-state index in [4.69, 9.17) is 11.0 Å². The lowest BCUT2D eigenvalue weighted by molar-refractivity contribution is -0.137. The molecule has 1 aromatic carbocycles. The highest BCUT2D eigenvalue weighted by atomic mass is 35.5. The van der Waals surface area contributed by atoms with Gasteiger partial charge in [-0.15, -0.1) is 12.4 Å². The summed E-state index contributed by atoms with van der Waals surface area (Å²) in [5, 5.41) is 8.84. The van der Waals surface area contributed by atoms with Crippen molar-refractivity contribution in [2.75, 3.05) is 13.1 Å². The molecule has 1 fully saturated rings. The van der Waals surface area contributed by atoms with Crippen LogP contribution in [0.1, 0.15) is 24.0 Å². The highest BCUT2D eigenvalue weighted by Crippen LogP contribution is 2.33. The Morgan fingerprint density at radius 2 is 1.83 bits per heavy atom. The molecule has 1 saturated heterocycles. The summed E-state index contributed by atoms with van der Waals surface area (Å²) in [6.07, 6.45) is -3.72. The maximum absolute atomic E-state index is 12.7. The molecule has 128 valence electrons. The quantitative estimate of drug-likeness (QED) is 0.864. The molecule has 1 aliphatic heterocycles. The van der Waals surface area contributed by atoms with Crippen molar-refractivity contribution in [1.82, 2.24) is 4.31 Å². The molecule has 1 aromatic rings. The minimum atomic E-state index is -4.70. The molecular formula is C13H15ClF3N3O2S. The zero-order valence-electron chi connectivity index (χ0n) is 11.9. The number of piperidine rings is 1. The SMILES string of the molecule is Cl.N#Cc1cc(S(=O)(=O)N2CCC(N)CC2)ccc1C(F)(F)F. The lowest BCUT2D eigenvalue weighted by Gasteiger charge is -2.29. The number of benzene rings is 1. The number of nitriles is 1. The predicted octanol–water partition coefficient (Wildman–Crippen LogP) is 2.11. The third kappa shape index (κ3) is 4.14. The maximum atomic E-state index is 12.7. The van der Waals surface area contributed by atoms with Gasteiger partial charge in [-0.2, -0.15) is 22.7 Å². The van der Waals surface area contributed by atoms with E-state index in [0.717, 1.165) is 12.1 Å². The molecule has 0 saturated carbocycles. The van der Waals surface area contributed by atoms with E-state index in [1.54, 1.807) is 0 Å². The summed E-state index contributed by atoms with van der Waals surface area (Å²) in [6, 6.07) is 3.61. The Hall–Kier alpha value is -1.34. The van der Waals surface area contributed by atoms with Crippen LogP contribution < -0.4 is 5.73 Å². The molecule has 0 atom stereocenters. The lowest BCUT2D eigenvalue weighted by atomic mass is 10.1. The molecule has 2 rings (SSSR count). The van der Waals surface area contributed by atoms with Crippen molar-refractivity contribution in [3.63, 3.8) is 0 Å². The Morgan fingerprint density at radius 1 is 1.26 bits per heavy atom. The molecule has 0 aromatic heterocycles. The van der Waals surface area contributed by atoms with Crippen LogP contribution in [0.2, 0.25) is 0 Å². The largest absolute Gasteiger partial charge is 0.417 e. The van der Waals surface area contributed by atoms with Gasteiger partial charge in [0.25, 0.3) is 0 Å². The van der Waals surface area contributed by atoms with Crippen molar-refractivity contribution < 1.29 is 21.6 Å². The molecule has 5 nitrogen and oxygen atoms in total. The van der Waals surface area contributed by atoms with Gasteiger partial charge in [-0.25, -0.2) is 8.42 Å². The van der Waals surface area contributed by atoms with Crippen LogP contribution in [0.25, 0.3) is 0 Å². The Morgan fingerprint density at radius 3 is 2.30 bits per heavy atom. The Kier molecular flexibility index (Phi) is 6.04. The third-order valence-corrected chi connectivity index (χ3v) is 5.45. The molecule has 1 heterocycles. The average molecular weight is 370 g/mol. The third-order valence-electron chi connectivity index (χ3n) is 3.55. The number of hydrogen-bond donors (Lipinski definition) is 1. The summed E-state index contributed by atoms with van der Waals surface area (Å²) in [6.45, 7) is 0.429. The van der Waals surface area contributed by atoms with Gasteiger partial charge in [0.05, 0.1) is 22.1 Å². The van der Waals surface area contributed by atoms with E-state index in [2.05, 4.69) is 0 Å². The van der Waals surface area contributed by atoms with E-state index in [1.165, 1.54) is 10.4 Å². The summed E-state index contributed by atoms with van der Waals surface area (Å²) < 4.78 is 64.2. The first-order valence-electron chi connectivity index (χ1n) is 6.53. The van der Waals surface area contributed by atoms with Gasteiger partial charge in [0, 0.05) is 19.1 Å². The molecule has 0 bridgehead atoms. The number of alkyl halides is 3. The second-order valence-electron chi connectivity index (χ2n) is 5.06. The number of halogens is 4. The molecule has 0 aliphatic carbocycles. The number of hydrogen-bond acceptors (Lipinski definition) is 4. The molecule has 0 spiro atoms. The van der Waals surface area contributed by atoms with Crippen LogP contribution in [-0.4, -0.2) is 31.9 Å². The first-order chi connectivity index (χ1) is 10.2. The van der Waals surface area contributed by atoms with Crippen LogP contribution in [0, 0.1) is 11.3 Å². The Bertz CT molecular complexity index is 708. The summed E-state index contributed by atoms with van der Waals surface area (Å²) >= 11 is 0. The van der Waals surface area contributed by atoms with Crippen LogP contribution >= 0.6 is 12.4 Å². The van der Waals surface area contributed by atoms with Crippen LogP contribution in [-0.2, 0) is 16.2 Å². The molecule has 1 aliphatic rings. The van der Waals surface area contributed by atoms with E-state index >= 15 is 0 Å². The van der Waals surface area contributed by atoms with Crippen molar-refractivity contribution in [2.45, 2.75) is 30.0 Å². The normalized spacial score (nSPS) is 17.3. The molecule has 10 heteroatoms. The van der Waals surface area contributed by atoms with E-state index < -0.39 is 27.3 Å². The topological polar surface area (TPSA) is 87.2 Å². The van der Waals surface area contributed by atoms with Crippen LogP contribution in [0.15, 0.2) is 23.1 Å². The molecule has 0 unspecified atom stereocenters. The van der Waals surface area contributed by atoms with E-state index in [9.17, 15) is 21.6 Å². The summed E-state index contributed by atoms with van der Waals surface area (Å²) in [5.74, 6) is 0. The van der Waals surface area contributed by atoms with Gasteiger partial charge in [0.1, 0.15) is 0 Å². The fourth-order valence-corrected chi connectivity index (χ4v) is 3.79. The average Bonchev–Trinajstić information content (AvgIpc) is 2.46. The van der Waals surface area contributed by atoms with E-state index in [0.29, 0.717) is 18.9 Å². The minimum absolute atomic E-state index is 0. The molecule has 2 N–H and O–H groups in total. The number of sulfonamides is 1. The first kappa shape index (κ1) is 19.7. The van der Waals surface area contributed by atoms with Gasteiger partial charge in [-0.1, -0.05) is 0 Å². The van der Waals surface area contributed by atoms with Crippen LogP contribution in [0.4, 0.5) is 13.2 Å². The Labute approximate surface area is 138 Å². The second-order valence-corrected chi connectivity index (χ2v) is 7.00. The van der Waals surface area contributed by atoms with Crippen molar-refractivity contribution >= 4 is 22.4 Å². The monoisotopic (exact) mass is 369 g/mol. The number of rotatable bonds is 2. The zero-order valence-corrected chi connectivity index (χ0v) is 13.5. The van der Waals surface area contributed by atoms with Gasteiger partial charge in [0.2, 0.25) is 10.0 Å². The van der Waals surface area contributed by atoms with Crippen molar-refractivity contribution in [2.24, 2.45) is 5.73 Å². The summed E-state index contributed by atoms with van der Waals surface area (Å²) in [7, 11) is -3.92. The highest BCUT2D eigenvalue weighted by Gasteiger charge is 2.35.